The summed E-state index contributed by atoms with van der Waals surface area (Å²) >= 11 is 0. The molecule has 0 radical (unpaired) electrons. The second kappa shape index (κ2) is 5.10. The van der Waals surface area contributed by atoms with Crippen molar-refractivity contribution >= 4 is 11.6 Å². The first kappa shape index (κ1) is 11.8. The van der Waals surface area contributed by atoms with Crippen molar-refractivity contribution in [2.75, 3.05) is 20.3 Å². The van der Waals surface area contributed by atoms with Crippen LogP contribution in [-0.2, 0) is 9.53 Å². The van der Waals surface area contributed by atoms with E-state index < -0.39 is 5.92 Å². The van der Waals surface area contributed by atoms with Crippen molar-refractivity contribution in [3.8, 4) is 5.75 Å². The maximum absolute atomic E-state index is 12.2. The molecule has 1 atom stereocenters. The summed E-state index contributed by atoms with van der Waals surface area (Å²) in [6.07, 6.45) is 0.311. The number of Topliss-reactive ketones (excluding diaryl/α,β-unsaturated/α-hetero) is 2. The minimum Gasteiger partial charge on any atom is -0.496 e. The number of benzene rings is 1. The number of hydrogen-bond acceptors (Lipinski definition) is 4. The highest BCUT2D eigenvalue weighted by Gasteiger charge is 2.31. The average molecular weight is 234 g/mol. The highest BCUT2D eigenvalue weighted by molar-refractivity contribution is 6.12. The Hall–Kier alpha value is -1.68. The molecule has 0 aliphatic carbocycles. The van der Waals surface area contributed by atoms with Crippen LogP contribution in [0.1, 0.15) is 16.8 Å². The van der Waals surface area contributed by atoms with Crippen LogP contribution in [0.15, 0.2) is 24.3 Å². The lowest BCUT2D eigenvalue weighted by Crippen LogP contribution is -2.34. The number of rotatable bonds is 3. The van der Waals surface area contributed by atoms with E-state index in [4.69, 9.17) is 9.47 Å². The van der Waals surface area contributed by atoms with E-state index in [1.807, 2.05) is 0 Å². The molecule has 0 N–H and O–H groups in total. The van der Waals surface area contributed by atoms with Gasteiger partial charge in [0.25, 0.3) is 0 Å². The Balaban J connectivity index is 2.26. The van der Waals surface area contributed by atoms with E-state index in [1.165, 1.54) is 7.11 Å². The molecule has 0 amide bonds. The monoisotopic (exact) mass is 234 g/mol. The Kier molecular flexibility index (Phi) is 3.54. The molecule has 1 unspecified atom stereocenters. The normalized spacial score (nSPS) is 20.1. The molecular weight excluding hydrogens is 220 g/mol. The molecule has 2 rings (SSSR count). The van der Waals surface area contributed by atoms with Crippen LogP contribution in [0.5, 0.6) is 5.75 Å². The van der Waals surface area contributed by atoms with Crippen LogP contribution in [-0.4, -0.2) is 31.9 Å². The molecule has 4 heteroatoms. The third-order valence-electron chi connectivity index (χ3n) is 2.85. The van der Waals surface area contributed by atoms with Crippen LogP contribution in [0, 0.1) is 5.92 Å². The third kappa shape index (κ3) is 2.36. The van der Waals surface area contributed by atoms with Crippen LogP contribution < -0.4 is 4.74 Å². The van der Waals surface area contributed by atoms with E-state index in [0.717, 1.165) is 0 Å². The van der Waals surface area contributed by atoms with Crippen molar-refractivity contribution in [2.45, 2.75) is 6.42 Å². The van der Waals surface area contributed by atoms with Gasteiger partial charge in [-0.3, -0.25) is 9.59 Å². The number of para-hydroxylation sites is 1. The smallest absolute Gasteiger partial charge is 0.179 e. The number of hydrogen-bond donors (Lipinski definition) is 0. The Morgan fingerprint density at radius 3 is 2.88 bits per heavy atom. The van der Waals surface area contributed by atoms with Gasteiger partial charge >= 0.3 is 0 Å². The van der Waals surface area contributed by atoms with E-state index >= 15 is 0 Å². The molecule has 0 bridgehead atoms. The van der Waals surface area contributed by atoms with E-state index in [0.29, 0.717) is 24.3 Å². The predicted molar refractivity (Wildman–Crippen MR) is 61.3 cm³/mol. The van der Waals surface area contributed by atoms with Crippen molar-refractivity contribution in [2.24, 2.45) is 5.92 Å². The molecule has 1 saturated heterocycles. The molecule has 1 aliphatic heterocycles. The van der Waals surface area contributed by atoms with E-state index in [-0.39, 0.29) is 18.2 Å². The Bertz CT molecular complexity index is 439. The van der Waals surface area contributed by atoms with Crippen LogP contribution in [0.3, 0.4) is 0 Å². The molecule has 17 heavy (non-hydrogen) atoms. The molecular formula is C13H14O4. The molecule has 0 saturated carbocycles. The number of ketones is 2. The molecule has 0 spiro atoms. The van der Waals surface area contributed by atoms with Crippen molar-refractivity contribution in [1.82, 2.24) is 0 Å². The van der Waals surface area contributed by atoms with Gasteiger partial charge < -0.3 is 9.47 Å². The van der Waals surface area contributed by atoms with Gasteiger partial charge in [-0.1, -0.05) is 12.1 Å². The van der Waals surface area contributed by atoms with Crippen molar-refractivity contribution in [1.29, 1.82) is 0 Å². The van der Waals surface area contributed by atoms with Gasteiger partial charge in [0.1, 0.15) is 17.5 Å². The highest BCUT2D eigenvalue weighted by atomic mass is 16.5. The molecule has 1 fully saturated rings. The minimum atomic E-state index is -0.681. The molecule has 0 aromatic heterocycles. The SMILES string of the molecule is COc1ccccc1C(=O)C1COCCC1=O. The zero-order valence-electron chi connectivity index (χ0n) is 9.64. The summed E-state index contributed by atoms with van der Waals surface area (Å²) in [5, 5.41) is 0. The van der Waals surface area contributed by atoms with Crippen molar-refractivity contribution < 1.29 is 19.1 Å². The largest absolute Gasteiger partial charge is 0.496 e. The second-order valence-electron chi connectivity index (χ2n) is 3.91. The lowest BCUT2D eigenvalue weighted by atomic mass is 9.91. The van der Waals surface area contributed by atoms with Crippen LogP contribution in [0.2, 0.25) is 0 Å². The Labute approximate surface area is 99.5 Å². The van der Waals surface area contributed by atoms with Gasteiger partial charge in [0.05, 0.1) is 25.9 Å². The molecule has 4 nitrogen and oxygen atoms in total. The van der Waals surface area contributed by atoms with Gasteiger partial charge in [0.15, 0.2) is 5.78 Å². The van der Waals surface area contributed by atoms with Crippen molar-refractivity contribution in [3.05, 3.63) is 29.8 Å². The first-order chi connectivity index (χ1) is 8.24. The van der Waals surface area contributed by atoms with Crippen LogP contribution >= 0.6 is 0 Å². The Morgan fingerprint density at radius 1 is 1.41 bits per heavy atom. The van der Waals surface area contributed by atoms with Crippen LogP contribution in [0.4, 0.5) is 0 Å². The molecule has 1 aromatic carbocycles. The summed E-state index contributed by atoms with van der Waals surface area (Å²) in [5.74, 6) is -0.449. The number of carbonyl (C=O) groups is 2. The lowest BCUT2D eigenvalue weighted by molar-refractivity contribution is -0.128. The maximum atomic E-state index is 12.2. The standard InChI is InChI=1S/C13H14O4/c1-16-12-5-3-2-4-9(12)13(15)10-8-17-7-6-11(10)14/h2-5,10H,6-8H2,1H3. The lowest BCUT2D eigenvalue weighted by Gasteiger charge is -2.20. The quantitative estimate of drug-likeness (QED) is 0.587. The molecule has 1 aromatic rings. The summed E-state index contributed by atoms with van der Waals surface area (Å²) in [5.41, 5.74) is 0.443. The van der Waals surface area contributed by atoms with E-state index in [2.05, 4.69) is 0 Å². The zero-order valence-corrected chi connectivity index (χ0v) is 9.64. The summed E-state index contributed by atoms with van der Waals surface area (Å²) in [6.45, 7) is 0.588. The maximum Gasteiger partial charge on any atom is 0.179 e. The predicted octanol–water partition coefficient (Wildman–Crippen LogP) is 1.48. The number of methoxy groups -OCH3 is 1. The fraction of sp³-hybridized carbons (Fsp3) is 0.385. The molecule has 1 heterocycles. The summed E-state index contributed by atoms with van der Waals surface area (Å²) in [4.78, 5) is 23.9. The fourth-order valence-electron chi connectivity index (χ4n) is 1.90. The third-order valence-corrected chi connectivity index (χ3v) is 2.85. The van der Waals surface area contributed by atoms with E-state index in [9.17, 15) is 9.59 Å². The number of ether oxygens (including phenoxy) is 2. The van der Waals surface area contributed by atoms with Crippen molar-refractivity contribution in [3.63, 3.8) is 0 Å². The van der Waals surface area contributed by atoms with Gasteiger partial charge in [0, 0.05) is 6.42 Å². The first-order valence-electron chi connectivity index (χ1n) is 5.51. The number of carbonyl (C=O) groups excluding carboxylic acids is 2. The average Bonchev–Trinajstić information content (AvgIpc) is 2.38. The first-order valence-corrected chi connectivity index (χ1v) is 5.51. The second-order valence-corrected chi connectivity index (χ2v) is 3.91. The summed E-state index contributed by atoms with van der Waals surface area (Å²) in [7, 11) is 1.51. The van der Waals surface area contributed by atoms with E-state index in [1.54, 1.807) is 24.3 Å². The molecule has 90 valence electrons. The topological polar surface area (TPSA) is 52.6 Å². The highest BCUT2D eigenvalue weighted by Crippen LogP contribution is 2.23. The van der Waals surface area contributed by atoms with Crippen LogP contribution in [0.25, 0.3) is 0 Å². The minimum absolute atomic E-state index is 0.0489. The van der Waals surface area contributed by atoms with Gasteiger partial charge in [-0.05, 0) is 12.1 Å². The zero-order chi connectivity index (χ0) is 12.3. The Morgan fingerprint density at radius 2 is 2.18 bits per heavy atom. The van der Waals surface area contributed by atoms with Gasteiger partial charge in [-0.2, -0.15) is 0 Å². The van der Waals surface area contributed by atoms with Gasteiger partial charge in [-0.15, -0.1) is 0 Å². The summed E-state index contributed by atoms with van der Waals surface area (Å²) in [6, 6.07) is 6.92. The summed E-state index contributed by atoms with van der Waals surface area (Å²) < 4.78 is 10.3. The van der Waals surface area contributed by atoms with Gasteiger partial charge in [-0.25, -0.2) is 0 Å². The molecule has 1 aliphatic rings. The van der Waals surface area contributed by atoms with Gasteiger partial charge in [0.2, 0.25) is 0 Å². The fourth-order valence-corrected chi connectivity index (χ4v) is 1.90.